The van der Waals surface area contributed by atoms with E-state index in [0.29, 0.717) is 0 Å². The maximum Gasteiger partial charge on any atom is 0.124 e. The van der Waals surface area contributed by atoms with E-state index in [0.717, 1.165) is 0 Å². The zero-order chi connectivity index (χ0) is 15.1. The van der Waals surface area contributed by atoms with E-state index in [-0.39, 0.29) is 42.1 Å². The fourth-order valence-electron chi connectivity index (χ4n) is 1.29. The summed E-state index contributed by atoms with van der Waals surface area (Å²) < 4.78 is 0. The molecule has 2 N–H and O–H groups in total. The van der Waals surface area contributed by atoms with Crippen molar-refractivity contribution in [3.05, 3.63) is 59.7 Å². The van der Waals surface area contributed by atoms with E-state index < -0.39 is 11.9 Å². The Kier molecular flexibility index (Phi) is 7.72. The van der Waals surface area contributed by atoms with E-state index in [4.69, 9.17) is 10.2 Å². The second kappa shape index (κ2) is 8.71. The second-order valence-electron chi connectivity index (χ2n) is 3.61. The van der Waals surface area contributed by atoms with Gasteiger partial charge in [-0.25, -0.2) is 0 Å². The van der Waals surface area contributed by atoms with Crippen molar-refractivity contribution >= 4 is 11.9 Å². The van der Waals surface area contributed by atoms with Gasteiger partial charge in [0.15, 0.2) is 0 Å². The van der Waals surface area contributed by atoms with Gasteiger partial charge in [-0.1, -0.05) is 24.3 Å². The van der Waals surface area contributed by atoms with Crippen molar-refractivity contribution in [1.29, 1.82) is 0 Å². The Bertz CT molecular complexity index is 571. The van der Waals surface area contributed by atoms with Crippen LogP contribution in [0.4, 0.5) is 0 Å². The fourth-order valence-corrected chi connectivity index (χ4v) is 1.29. The van der Waals surface area contributed by atoms with Crippen LogP contribution in [0.15, 0.2) is 48.5 Å². The molecule has 0 aliphatic rings. The van der Waals surface area contributed by atoms with E-state index in [1.807, 2.05) is 0 Å². The van der Waals surface area contributed by atoms with Crippen molar-refractivity contribution in [1.82, 2.24) is 0 Å². The molecular formula is C14H10O6Zn-2. The molecule has 0 aliphatic heterocycles. The SMILES string of the molecule is O=C([O-])c1ccccc1O.O=C([O-])c1ccccc1O.[Zn]. The molecule has 0 saturated heterocycles. The largest absolute Gasteiger partial charge is 0.545 e. The molecule has 7 heteroatoms. The molecule has 6 nitrogen and oxygen atoms in total. The van der Waals surface area contributed by atoms with E-state index >= 15 is 0 Å². The van der Waals surface area contributed by atoms with Crippen molar-refractivity contribution in [2.75, 3.05) is 0 Å². The number of carboxylic acids is 2. The third-order valence-corrected chi connectivity index (χ3v) is 2.25. The van der Waals surface area contributed by atoms with Gasteiger partial charge in [-0.15, -0.1) is 0 Å². The van der Waals surface area contributed by atoms with Crippen LogP contribution in [0.5, 0.6) is 11.5 Å². The number of para-hydroxylation sites is 2. The summed E-state index contributed by atoms with van der Waals surface area (Å²) in [5.41, 5.74) is -0.356. The van der Waals surface area contributed by atoms with Gasteiger partial charge in [0.2, 0.25) is 0 Å². The number of carboxylic acid groups (broad SMARTS) is 2. The van der Waals surface area contributed by atoms with Crippen LogP contribution in [0.1, 0.15) is 20.7 Å². The van der Waals surface area contributed by atoms with E-state index in [1.165, 1.54) is 36.4 Å². The molecule has 2 aromatic carbocycles. The van der Waals surface area contributed by atoms with Gasteiger partial charge in [-0.05, 0) is 24.3 Å². The molecule has 0 radical (unpaired) electrons. The molecule has 0 aromatic heterocycles. The Morgan fingerprint density at radius 1 is 0.714 bits per heavy atom. The average Bonchev–Trinajstić information content (AvgIpc) is 2.40. The summed E-state index contributed by atoms with van der Waals surface area (Å²) in [6.07, 6.45) is 0. The Morgan fingerprint density at radius 2 is 1.00 bits per heavy atom. The van der Waals surface area contributed by atoms with Crippen molar-refractivity contribution in [2.45, 2.75) is 0 Å². The van der Waals surface area contributed by atoms with E-state index in [9.17, 15) is 19.8 Å². The molecule has 21 heavy (non-hydrogen) atoms. The van der Waals surface area contributed by atoms with Crippen molar-refractivity contribution in [3.63, 3.8) is 0 Å². The molecule has 0 saturated carbocycles. The van der Waals surface area contributed by atoms with Crippen LogP contribution in [0.25, 0.3) is 0 Å². The second-order valence-corrected chi connectivity index (χ2v) is 3.61. The molecule has 106 valence electrons. The number of hydrogen-bond donors (Lipinski definition) is 2. The summed E-state index contributed by atoms with van der Waals surface area (Å²) in [5, 5.41) is 38.0. The number of benzene rings is 2. The van der Waals surface area contributed by atoms with E-state index in [1.54, 1.807) is 12.1 Å². The van der Waals surface area contributed by atoms with Crippen LogP contribution in [0, 0.1) is 0 Å². The fraction of sp³-hybridized carbons (Fsp3) is 0. The Morgan fingerprint density at radius 3 is 1.19 bits per heavy atom. The predicted molar refractivity (Wildman–Crippen MR) is 64.9 cm³/mol. The number of aromatic hydroxyl groups is 2. The predicted octanol–water partition coefficient (Wildman–Crippen LogP) is -0.491. The number of carbonyl (C=O) groups excluding carboxylic acids is 2. The normalized spacial score (nSPS) is 8.76. The minimum absolute atomic E-state index is 0. The summed E-state index contributed by atoms with van der Waals surface area (Å²) in [4.78, 5) is 20.3. The number of carbonyl (C=O) groups is 2. The molecule has 2 aromatic rings. The number of aromatic carboxylic acids is 2. The summed E-state index contributed by atoms with van der Waals surface area (Å²) in [7, 11) is 0. The smallest absolute Gasteiger partial charge is 0.124 e. The summed E-state index contributed by atoms with van der Waals surface area (Å²) in [6, 6.07) is 11.3. The molecule has 0 atom stereocenters. The molecular weight excluding hydrogens is 330 g/mol. The molecule has 0 fully saturated rings. The first-order chi connectivity index (χ1) is 9.43. The molecule has 0 spiro atoms. The molecule has 2 rings (SSSR count). The molecule has 0 aliphatic carbocycles. The standard InChI is InChI=1S/2C7H6O3.Zn/c2*8-6-4-2-1-3-5(6)7(9)10;/h2*1-4,8H,(H,9,10);/p-2. The minimum atomic E-state index is -1.36. The van der Waals surface area contributed by atoms with Crippen LogP contribution < -0.4 is 10.2 Å². The van der Waals surface area contributed by atoms with Crippen LogP contribution in [-0.2, 0) is 19.5 Å². The van der Waals surface area contributed by atoms with Crippen molar-refractivity contribution in [2.24, 2.45) is 0 Å². The third kappa shape index (κ3) is 5.62. The van der Waals surface area contributed by atoms with Crippen molar-refractivity contribution in [3.8, 4) is 11.5 Å². The zero-order valence-corrected chi connectivity index (χ0v) is 13.8. The monoisotopic (exact) mass is 338 g/mol. The van der Waals surface area contributed by atoms with E-state index in [2.05, 4.69) is 0 Å². The Hall–Kier alpha value is -2.40. The average molecular weight is 340 g/mol. The van der Waals surface area contributed by atoms with Gasteiger partial charge in [0.25, 0.3) is 0 Å². The summed E-state index contributed by atoms with van der Waals surface area (Å²) in [6.45, 7) is 0. The molecule has 0 bridgehead atoms. The van der Waals surface area contributed by atoms with Gasteiger partial charge in [0.05, 0.1) is 11.9 Å². The van der Waals surface area contributed by atoms with Crippen LogP contribution in [-0.4, -0.2) is 22.2 Å². The third-order valence-electron chi connectivity index (χ3n) is 2.25. The van der Waals surface area contributed by atoms with Gasteiger partial charge in [0, 0.05) is 30.6 Å². The summed E-state index contributed by atoms with van der Waals surface area (Å²) >= 11 is 0. The number of rotatable bonds is 2. The quantitative estimate of drug-likeness (QED) is 0.712. The van der Waals surface area contributed by atoms with Gasteiger partial charge in [-0.3, -0.25) is 0 Å². The van der Waals surface area contributed by atoms with Gasteiger partial charge < -0.3 is 30.0 Å². The Labute approximate surface area is 133 Å². The minimum Gasteiger partial charge on any atom is -0.545 e. The topological polar surface area (TPSA) is 121 Å². The first-order valence-electron chi connectivity index (χ1n) is 5.42. The zero-order valence-electron chi connectivity index (χ0n) is 10.9. The molecule has 0 amide bonds. The molecule has 0 heterocycles. The van der Waals surface area contributed by atoms with Gasteiger partial charge >= 0.3 is 0 Å². The van der Waals surface area contributed by atoms with Crippen LogP contribution in [0.3, 0.4) is 0 Å². The summed E-state index contributed by atoms with van der Waals surface area (Å²) in [5.74, 6) is -3.25. The Balaban J connectivity index is 0.000000364. The van der Waals surface area contributed by atoms with Crippen LogP contribution >= 0.6 is 0 Å². The maximum absolute atomic E-state index is 10.2. The van der Waals surface area contributed by atoms with Crippen LogP contribution in [0.2, 0.25) is 0 Å². The molecule has 0 unspecified atom stereocenters. The van der Waals surface area contributed by atoms with Crippen molar-refractivity contribution < 1.29 is 49.5 Å². The first kappa shape index (κ1) is 18.6. The first-order valence-corrected chi connectivity index (χ1v) is 5.42. The number of hydrogen-bond acceptors (Lipinski definition) is 6. The van der Waals surface area contributed by atoms with Gasteiger partial charge in [0.1, 0.15) is 11.5 Å². The number of phenols is 2. The maximum atomic E-state index is 10.2. The van der Waals surface area contributed by atoms with Gasteiger partial charge in [-0.2, -0.15) is 0 Å².